The summed E-state index contributed by atoms with van der Waals surface area (Å²) in [7, 11) is 0. The number of nitrogens with one attached hydrogen (secondary N) is 1. The lowest BCUT2D eigenvalue weighted by atomic mass is 10.2. The summed E-state index contributed by atoms with van der Waals surface area (Å²) in [4.78, 5) is 25.4. The molecule has 1 unspecified atom stereocenters. The van der Waals surface area contributed by atoms with E-state index in [1.165, 1.54) is 22.1 Å². The molecule has 1 N–H and O–H groups in total. The third-order valence-electron chi connectivity index (χ3n) is 3.65. The minimum atomic E-state index is -0.680. The van der Waals surface area contributed by atoms with Crippen molar-refractivity contribution in [2.75, 3.05) is 0 Å². The Morgan fingerprint density at radius 3 is 2.67 bits per heavy atom. The van der Waals surface area contributed by atoms with Gasteiger partial charge in [0.2, 0.25) is 5.91 Å². The summed E-state index contributed by atoms with van der Waals surface area (Å²) in [6.07, 6.45) is 0. The maximum Gasteiger partial charge on any atom is 0.267 e. The van der Waals surface area contributed by atoms with Crippen molar-refractivity contribution in [3.63, 3.8) is 0 Å². The first-order chi connectivity index (χ1) is 11.6. The molecule has 0 saturated heterocycles. The highest BCUT2D eigenvalue weighted by molar-refractivity contribution is 7.13. The van der Waals surface area contributed by atoms with Gasteiger partial charge >= 0.3 is 0 Å². The zero-order chi connectivity index (χ0) is 16.9. The molecule has 0 aliphatic rings. The van der Waals surface area contributed by atoms with Gasteiger partial charge in [-0.25, -0.2) is 4.68 Å². The molecule has 24 heavy (non-hydrogen) atoms. The van der Waals surface area contributed by atoms with Gasteiger partial charge in [-0.05, 0) is 30.0 Å². The smallest absolute Gasteiger partial charge is 0.267 e. The Morgan fingerprint density at radius 2 is 1.96 bits per heavy atom. The van der Waals surface area contributed by atoms with Crippen LogP contribution in [0.3, 0.4) is 0 Å². The predicted molar refractivity (Wildman–Crippen MR) is 94.8 cm³/mol. The van der Waals surface area contributed by atoms with Crippen LogP contribution in [-0.4, -0.2) is 15.7 Å². The van der Waals surface area contributed by atoms with Crippen molar-refractivity contribution in [2.45, 2.75) is 19.5 Å². The topological polar surface area (TPSA) is 64.0 Å². The number of hydrogen-bond donors (Lipinski definition) is 1. The van der Waals surface area contributed by atoms with E-state index in [4.69, 9.17) is 0 Å². The van der Waals surface area contributed by atoms with Crippen molar-refractivity contribution in [2.24, 2.45) is 0 Å². The predicted octanol–water partition coefficient (Wildman–Crippen LogP) is 2.85. The van der Waals surface area contributed by atoms with E-state index in [1.807, 2.05) is 47.8 Å². The van der Waals surface area contributed by atoms with E-state index < -0.39 is 6.04 Å². The second kappa shape index (κ2) is 7.23. The molecule has 0 bridgehead atoms. The molecular formula is C18H17N3O2S. The van der Waals surface area contributed by atoms with Crippen molar-refractivity contribution in [3.8, 4) is 10.6 Å². The summed E-state index contributed by atoms with van der Waals surface area (Å²) < 4.78 is 1.23. The van der Waals surface area contributed by atoms with Crippen molar-refractivity contribution in [3.05, 3.63) is 75.9 Å². The monoisotopic (exact) mass is 339 g/mol. The zero-order valence-corrected chi connectivity index (χ0v) is 14.0. The Bertz CT molecular complexity index is 873. The fourth-order valence-electron chi connectivity index (χ4n) is 2.30. The van der Waals surface area contributed by atoms with Gasteiger partial charge in [-0.2, -0.15) is 5.10 Å². The molecule has 122 valence electrons. The van der Waals surface area contributed by atoms with Gasteiger partial charge in [0.25, 0.3) is 5.56 Å². The van der Waals surface area contributed by atoms with E-state index in [9.17, 15) is 9.59 Å². The Balaban J connectivity index is 1.76. The number of rotatable bonds is 5. The van der Waals surface area contributed by atoms with Crippen LogP contribution < -0.4 is 10.9 Å². The first-order valence-corrected chi connectivity index (χ1v) is 8.48. The maximum absolute atomic E-state index is 12.4. The molecule has 0 saturated carbocycles. The number of carbonyl (C=O) groups excluding carboxylic acids is 1. The van der Waals surface area contributed by atoms with E-state index in [-0.39, 0.29) is 11.5 Å². The number of carbonyl (C=O) groups is 1. The quantitative estimate of drug-likeness (QED) is 0.777. The van der Waals surface area contributed by atoms with E-state index in [1.54, 1.807) is 13.0 Å². The summed E-state index contributed by atoms with van der Waals surface area (Å²) in [5, 5.41) is 9.13. The number of thiophene rings is 1. The van der Waals surface area contributed by atoms with Gasteiger partial charge in [-0.3, -0.25) is 9.59 Å². The number of benzene rings is 1. The molecule has 3 aromatic rings. The average molecular weight is 339 g/mol. The first-order valence-electron chi connectivity index (χ1n) is 7.60. The zero-order valence-electron chi connectivity index (χ0n) is 13.2. The van der Waals surface area contributed by atoms with Gasteiger partial charge in [0.15, 0.2) is 0 Å². The molecule has 2 aromatic heterocycles. The van der Waals surface area contributed by atoms with Crippen LogP contribution in [0.5, 0.6) is 0 Å². The van der Waals surface area contributed by atoms with E-state index in [2.05, 4.69) is 10.4 Å². The average Bonchev–Trinajstić information content (AvgIpc) is 3.15. The molecule has 6 heteroatoms. The maximum atomic E-state index is 12.4. The lowest BCUT2D eigenvalue weighted by Gasteiger charge is -2.14. The second-order valence-corrected chi connectivity index (χ2v) is 6.31. The van der Waals surface area contributed by atoms with E-state index in [0.717, 1.165) is 10.4 Å². The Hall–Kier alpha value is -2.73. The van der Waals surface area contributed by atoms with E-state index in [0.29, 0.717) is 12.2 Å². The summed E-state index contributed by atoms with van der Waals surface area (Å²) in [6, 6.07) is 15.9. The molecule has 0 fully saturated rings. The van der Waals surface area contributed by atoms with Crippen LogP contribution in [0.2, 0.25) is 0 Å². The SMILES string of the molecule is CC(C(=O)NCc1ccccc1)n1nc(-c2cccs2)ccc1=O. The van der Waals surface area contributed by atoms with Crippen molar-refractivity contribution < 1.29 is 4.79 Å². The Kier molecular flexibility index (Phi) is 4.86. The summed E-state index contributed by atoms with van der Waals surface area (Å²) in [5.74, 6) is -0.239. The van der Waals surface area contributed by atoms with Gasteiger partial charge in [0.1, 0.15) is 11.7 Å². The first kappa shape index (κ1) is 16.1. The molecule has 1 aromatic carbocycles. The molecule has 1 atom stereocenters. The molecule has 0 radical (unpaired) electrons. The number of nitrogens with zero attached hydrogens (tertiary/aromatic N) is 2. The molecule has 5 nitrogen and oxygen atoms in total. The van der Waals surface area contributed by atoms with Crippen LogP contribution in [0.1, 0.15) is 18.5 Å². The number of amides is 1. The molecule has 3 rings (SSSR count). The Morgan fingerprint density at radius 1 is 1.17 bits per heavy atom. The lowest BCUT2D eigenvalue weighted by molar-refractivity contribution is -0.124. The normalized spacial score (nSPS) is 11.9. The van der Waals surface area contributed by atoms with Gasteiger partial charge in [0, 0.05) is 12.6 Å². The minimum absolute atomic E-state index is 0.239. The standard InChI is InChI=1S/C18H17N3O2S/c1-13(18(23)19-12-14-6-3-2-4-7-14)21-17(22)10-9-15(20-21)16-8-5-11-24-16/h2-11,13H,12H2,1H3,(H,19,23). The van der Waals surface area contributed by atoms with Gasteiger partial charge < -0.3 is 5.32 Å². The van der Waals surface area contributed by atoms with Gasteiger partial charge in [-0.15, -0.1) is 11.3 Å². The third-order valence-corrected chi connectivity index (χ3v) is 4.55. The minimum Gasteiger partial charge on any atom is -0.350 e. The number of hydrogen-bond acceptors (Lipinski definition) is 4. The molecular weight excluding hydrogens is 322 g/mol. The highest BCUT2D eigenvalue weighted by Gasteiger charge is 2.18. The second-order valence-electron chi connectivity index (χ2n) is 5.36. The molecule has 0 aliphatic heterocycles. The van der Waals surface area contributed by atoms with Crippen molar-refractivity contribution >= 4 is 17.2 Å². The van der Waals surface area contributed by atoms with Gasteiger partial charge in [-0.1, -0.05) is 36.4 Å². The van der Waals surface area contributed by atoms with Crippen LogP contribution in [0.4, 0.5) is 0 Å². The molecule has 0 aliphatic carbocycles. The molecule has 1 amide bonds. The molecule has 2 heterocycles. The summed E-state index contributed by atoms with van der Waals surface area (Å²) >= 11 is 1.54. The highest BCUT2D eigenvalue weighted by atomic mass is 32.1. The van der Waals surface area contributed by atoms with Crippen LogP contribution in [0.15, 0.2) is 64.8 Å². The van der Waals surface area contributed by atoms with Crippen LogP contribution in [0, 0.1) is 0 Å². The van der Waals surface area contributed by atoms with Gasteiger partial charge in [0.05, 0.1) is 4.88 Å². The number of aromatic nitrogens is 2. The van der Waals surface area contributed by atoms with Crippen LogP contribution in [0.25, 0.3) is 10.6 Å². The van der Waals surface area contributed by atoms with E-state index >= 15 is 0 Å². The fraction of sp³-hybridized carbons (Fsp3) is 0.167. The van der Waals surface area contributed by atoms with Crippen molar-refractivity contribution in [1.29, 1.82) is 0 Å². The van der Waals surface area contributed by atoms with Crippen LogP contribution in [-0.2, 0) is 11.3 Å². The summed E-state index contributed by atoms with van der Waals surface area (Å²) in [5.41, 5.74) is 1.40. The third kappa shape index (κ3) is 3.60. The van der Waals surface area contributed by atoms with Crippen LogP contribution >= 0.6 is 11.3 Å². The fourth-order valence-corrected chi connectivity index (χ4v) is 2.99. The highest BCUT2D eigenvalue weighted by Crippen LogP contribution is 2.21. The Labute approximate surface area is 143 Å². The lowest BCUT2D eigenvalue weighted by Crippen LogP contribution is -2.36. The molecule has 0 spiro atoms. The van der Waals surface area contributed by atoms with Crippen molar-refractivity contribution in [1.82, 2.24) is 15.1 Å². The summed E-state index contributed by atoms with van der Waals surface area (Å²) in [6.45, 7) is 2.09. The largest absolute Gasteiger partial charge is 0.350 e.